The van der Waals surface area contributed by atoms with Crippen LogP contribution >= 0.6 is 23.3 Å². The van der Waals surface area contributed by atoms with Gasteiger partial charge in [-0.3, -0.25) is 4.79 Å². The molecule has 102 valence electrons. The number of aromatic nitrogens is 4. The number of methoxy groups -OCH3 is 1. The quantitative estimate of drug-likeness (QED) is 0.739. The van der Waals surface area contributed by atoms with Gasteiger partial charge < -0.3 is 4.74 Å². The van der Waals surface area contributed by atoms with E-state index in [1.165, 1.54) is 17.9 Å². The standard InChI is InChI=1S/C12H9ClN4O2S/c1-19-10-5-11(18)17(14-12(10)13)6-7-2-3-8-9(4-7)16-20-15-8/h2-5H,6H2,1H3. The van der Waals surface area contributed by atoms with E-state index in [4.69, 9.17) is 16.3 Å². The zero-order valence-electron chi connectivity index (χ0n) is 10.4. The van der Waals surface area contributed by atoms with Crippen LogP contribution in [0.3, 0.4) is 0 Å². The molecule has 0 bridgehead atoms. The molecule has 0 aliphatic heterocycles. The highest BCUT2D eigenvalue weighted by Gasteiger charge is 2.08. The first kappa shape index (κ1) is 13.0. The van der Waals surface area contributed by atoms with Gasteiger partial charge in [0, 0.05) is 0 Å². The highest BCUT2D eigenvalue weighted by molar-refractivity contribution is 7.00. The number of halogens is 1. The highest BCUT2D eigenvalue weighted by atomic mass is 35.5. The number of hydrogen-bond acceptors (Lipinski definition) is 6. The summed E-state index contributed by atoms with van der Waals surface area (Å²) in [4.78, 5) is 11.9. The van der Waals surface area contributed by atoms with Crippen LogP contribution in [0.5, 0.6) is 5.75 Å². The molecule has 0 saturated heterocycles. The SMILES string of the molecule is COc1cc(=O)n(Cc2ccc3nsnc3c2)nc1Cl. The molecule has 0 N–H and O–H groups in total. The summed E-state index contributed by atoms with van der Waals surface area (Å²) in [5.74, 6) is 0.270. The van der Waals surface area contributed by atoms with Gasteiger partial charge in [0.15, 0.2) is 10.9 Å². The van der Waals surface area contributed by atoms with Crippen LogP contribution in [0, 0.1) is 0 Å². The molecule has 0 saturated carbocycles. The van der Waals surface area contributed by atoms with Crippen LogP contribution in [0.25, 0.3) is 11.0 Å². The van der Waals surface area contributed by atoms with E-state index in [1.807, 2.05) is 18.2 Å². The van der Waals surface area contributed by atoms with E-state index in [2.05, 4.69) is 13.8 Å². The Morgan fingerprint density at radius 2 is 2.10 bits per heavy atom. The molecule has 2 heterocycles. The lowest BCUT2D eigenvalue weighted by Gasteiger charge is -2.07. The first-order valence-electron chi connectivity index (χ1n) is 5.70. The summed E-state index contributed by atoms with van der Waals surface area (Å²) in [5.41, 5.74) is 2.27. The van der Waals surface area contributed by atoms with Crippen molar-refractivity contribution in [1.82, 2.24) is 18.5 Å². The Labute approximate surface area is 122 Å². The third-order valence-electron chi connectivity index (χ3n) is 2.79. The van der Waals surface area contributed by atoms with Crippen LogP contribution < -0.4 is 10.3 Å². The van der Waals surface area contributed by atoms with Crippen molar-refractivity contribution in [1.29, 1.82) is 0 Å². The maximum absolute atomic E-state index is 11.9. The molecule has 0 unspecified atom stereocenters. The van der Waals surface area contributed by atoms with Gasteiger partial charge in [0.25, 0.3) is 5.56 Å². The summed E-state index contributed by atoms with van der Waals surface area (Å²) < 4.78 is 14.5. The molecule has 20 heavy (non-hydrogen) atoms. The Hall–Kier alpha value is -1.99. The predicted molar refractivity (Wildman–Crippen MR) is 76.6 cm³/mol. The van der Waals surface area contributed by atoms with Crippen molar-refractivity contribution in [2.75, 3.05) is 7.11 Å². The van der Waals surface area contributed by atoms with Crippen LogP contribution in [0.15, 0.2) is 29.1 Å². The number of ether oxygens (including phenoxy) is 1. The molecule has 6 nitrogen and oxygen atoms in total. The van der Waals surface area contributed by atoms with Crippen molar-refractivity contribution >= 4 is 34.4 Å². The van der Waals surface area contributed by atoms with Crippen LogP contribution in [0.4, 0.5) is 0 Å². The van der Waals surface area contributed by atoms with Crippen molar-refractivity contribution in [2.24, 2.45) is 0 Å². The van der Waals surface area contributed by atoms with Gasteiger partial charge in [-0.05, 0) is 17.7 Å². The lowest BCUT2D eigenvalue weighted by molar-refractivity contribution is 0.407. The van der Waals surface area contributed by atoms with Gasteiger partial charge in [0.05, 0.1) is 31.4 Å². The second-order valence-corrected chi connectivity index (χ2v) is 4.97. The molecule has 0 atom stereocenters. The zero-order chi connectivity index (χ0) is 14.1. The Bertz CT molecular complexity index is 830. The van der Waals surface area contributed by atoms with Crippen molar-refractivity contribution in [3.8, 4) is 5.75 Å². The molecule has 0 aliphatic carbocycles. The molecule has 0 aliphatic rings. The summed E-state index contributed by atoms with van der Waals surface area (Å²) in [7, 11) is 1.44. The lowest BCUT2D eigenvalue weighted by Crippen LogP contribution is -2.23. The van der Waals surface area contributed by atoms with Gasteiger partial charge in [0.1, 0.15) is 11.0 Å². The average Bonchev–Trinajstić information content (AvgIpc) is 2.90. The molecular weight excluding hydrogens is 300 g/mol. The van der Waals surface area contributed by atoms with E-state index in [0.29, 0.717) is 6.54 Å². The fourth-order valence-electron chi connectivity index (χ4n) is 1.81. The Morgan fingerprint density at radius 1 is 1.30 bits per heavy atom. The summed E-state index contributed by atoms with van der Waals surface area (Å²) >= 11 is 7.09. The topological polar surface area (TPSA) is 69.9 Å². The third-order valence-corrected chi connectivity index (χ3v) is 3.61. The first-order valence-corrected chi connectivity index (χ1v) is 6.81. The summed E-state index contributed by atoms with van der Waals surface area (Å²) in [5, 5.41) is 4.17. The molecule has 8 heteroatoms. The number of rotatable bonds is 3. The van der Waals surface area contributed by atoms with E-state index < -0.39 is 0 Å². The number of benzene rings is 1. The Balaban J connectivity index is 1.98. The molecule has 0 amide bonds. The van der Waals surface area contributed by atoms with Gasteiger partial charge in [-0.1, -0.05) is 17.7 Å². The van der Waals surface area contributed by atoms with Crippen LogP contribution in [-0.2, 0) is 6.54 Å². The van der Waals surface area contributed by atoms with E-state index in [1.54, 1.807) is 0 Å². The fourth-order valence-corrected chi connectivity index (χ4v) is 2.55. The second kappa shape index (κ2) is 5.18. The number of nitrogens with zero attached hydrogens (tertiary/aromatic N) is 4. The monoisotopic (exact) mass is 308 g/mol. The van der Waals surface area contributed by atoms with Crippen molar-refractivity contribution in [2.45, 2.75) is 6.54 Å². The maximum Gasteiger partial charge on any atom is 0.270 e. The van der Waals surface area contributed by atoms with Gasteiger partial charge in [-0.2, -0.15) is 13.8 Å². The number of fused-ring (bicyclic) bond motifs is 1. The minimum atomic E-state index is -0.275. The molecule has 3 aromatic rings. The molecule has 0 radical (unpaired) electrons. The third kappa shape index (κ3) is 2.37. The summed E-state index contributed by atoms with van der Waals surface area (Å²) in [6.45, 7) is 0.315. The minimum absolute atomic E-state index is 0.156. The maximum atomic E-state index is 11.9. The van der Waals surface area contributed by atoms with Gasteiger partial charge in [0.2, 0.25) is 0 Å². The fraction of sp³-hybridized carbons (Fsp3) is 0.167. The lowest BCUT2D eigenvalue weighted by atomic mass is 10.2. The predicted octanol–water partition coefficient (Wildman–Crippen LogP) is 1.96. The van der Waals surface area contributed by atoms with E-state index in [0.717, 1.165) is 28.3 Å². The molecule has 2 aromatic heterocycles. The van der Waals surface area contributed by atoms with Crippen LogP contribution in [0.2, 0.25) is 5.15 Å². The smallest absolute Gasteiger partial charge is 0.270 e. The molecule has 3 rings (SSSR count). The highest BCUT2D eigenvalue weighted by Crippen LogP contribution is 2.18. The van der Waals surface area contributed by atoms with E-state index in [9.17, 15) is 4.79 Å². The Morgan fingerprint density at radius 3 is 2.90 bits per heavy atom. The minimum Gasteiger partial charge on any atom is -0.493 e. The normalized spacial score (nSPS) is 10.9. The van der Waals surface area contributed by atoms with Gasteiger partial charge in [-0.15, -0.1) is 0 Å². The molecule has 0 spiro atoms. The van der Waals surface area contributed by atoms with Gasteiger partial charge >= 0.3 is 0 Å². The average molecular weight is 309 g/mol. The molecule has 1 aromatic carbocycles. The number of hydrogen-bond donors (Lipinski definition) is 0. The molecule has 0 fully saturated rings. The first-order chi connectivity index (χ1) is 9.67. The van der Waals surface area contributed by atoms with Gasteiger partial charge in [-0.25, -0.2) is 4.68 Å². The zero-order valence-corrected chi connectivity index (χ0v) is 12.0. The summed E-state index contributed by atoms with van der Waals surface area (Å²) in [6, 6.07) is 6.95. The van der Waals surface area contributed by atoms with Crippen molar-refractivity contribution in [3.05, 3.63) is 45.3 Å². The van der Waals surface area contributed by atoms with E-state index >= 15 is 0 Å². The van der Waals surface area contributed by atoms with Crippen molar-refractivity contribution in [3.63, 3.8) is 0 Å². The van der Waals surface area contributed by atoms with E-state index in [-0.39, 0.29) is 16.5 Å². The molecular formula is C12H9ClN4O2S. The van der Waals surface area contributed by atoms with Crippen LogP contribution in [0.1, 0.15) is 5.56 Å². The second-order valence-electron chi connectivity index (χ2n) is 4.09. The van der Waals surface area contributed by atoms with Crippen molar-refractivity contribution < 1.29 is 4.74 Å². The summed E-state index contributed by atoms with van der Waals surface area (Å²) in [6.07, 6.45) is 0. The van der Waals surface area contributed by atoms with Crippen LogP contribution in [-0.4, -0.2) is 25.6 Å². The Kier molecular flexibility index (Phi) is 3.37. The largest absolute Gasteiger partial charge is 0.493 e.